The van der Waals surface area contributed by atoms with Gasteiger partial charge in [0.25, 0.3) is 0 Å². The Hall–Kier alpha value is -1.55. The van der Waals surface area contributed by atoms with Crippen LogP contribution >= 0.6 is 0 Å². The zero-order valence-electron chi connectivity index (χ0n) is 10.8. The number of nitrogens with zero attached hydrogens (tertiary/aromatic N) is 3. The average molecular weight is 244 g/mol. The molecule has 3 rings (SSSR count). The van der Waals surface area contributed by atoms with Gasteiger partial charge in [-0.15, -0.1) is 0 Å². The molecule has 4 heteroatoms. The van der Waals surface area contributed by atoms with Crippen molar-refractivity contribution in [1.29, 1.82) is 0 Å². The number of fused-ring (bicyclic) bond motifs is 1. The highest BCUT2D eigenvalue weighted by atomic mass is 15.2. The van der Waals surface area contributed by atoms with Gasteiger partial charge in [-0.05, 0) is 45.0 Å². The first-order valence-corrected chi connectivity index (χ1v) is 6.74. The summed E-state index contributed by atoms with van der Waals surface area (Å²) < 4.78 is 2.10. The minimum absolute atomic E-state index is 0.455. The molecule has 1 aliphatic heterocycles. The zero-order valence-corrected chi connectivity index (χ0v) is 10.8. The Morgan fingerprint density at radius 2 is 2.17 bits per heavy atom. The van der Waals surface area contributed by atoms with Gasteiger partial charge in [-0.25, -0.2) is 4.98 Å². The van der Waals surface area contributed by atoms with E-state index in [2.05, 4.69) is 32.6 Å². The quantitative estimate of drug-likeness (QED) is 0.895. The van der Waals surface area contributed by atoms with Crippen LogP contribution in [-0.4, -0.2) is 40.0 Å². The third-order valence-electron chi connectivity index (χ3n) is 3.55. The molecule has 0 spiro atoms. The van der Waals surface area contributed by atoms with Crippen LogP contribution in [0.2, 0.25) is 0 Å². The maximum atomic E-state index is 4.30. The molecule has 1 aliphatic rings. The van der Waals surface area contributed by atoms with Crippen molar-refractivity contribution in [3.63, 3.8) is 0 Å². The van der Waals surface area contributed by atoms with Crippen LogP contribution in [0.5, 0.6) is 0 Å². The summed E-state index contributed by atoms with van der Waals surface area (Å²) in [4.78, 5) is 6.84. The number of nitrogens with one attached hydrogen (secondary N) is 1. The van der Waals surface area contributed by atoms with Gasteiger partial charge in [-0.3, -0.25) is 4.40 Å². The molecule has 96 valence electrons. The van der Waals surface area contributed by atoms with E-state index in [-0.39, 0.29) is 0 Å². The smallest absolute Gasteiger partial charge is 0.138 e. The molecule has 1 saturated heterocycles. The second-order valence-electron chi connectivity index (χ2n) is 5.12. The maximum absolute atomic E-state index is 4.30. The fourth-order valence-corrected chi connectivity index (χ4v) is 2.72. The molecular formula is C14H20N4. The van der Waals surface area contributed by atoms with Gasteiger partial charge in [0.05, 0.1) is 0 Å². The van der Waals surface area contributed by atoms with Crippen molar-refractivity contribution < 1.29 is 0 Å². The van der Waals surface area contributed by atoms with Crippen LogP contribution in [-0.2, 0) is 0 Å². The van der Waals surface area contributed by atoms with Crippen molar-refractivity contribution >= 4 is 11.5 Å². The molecule has 3 heterocycles. The zero-order chi connectivity index (χ0) is 12.4. The molecule has 0 amide bonds. The van der Waals surface area contributed by atoms with Gasteiger partial charge in [-0.1, -0.05) is 6.07 Å². The normalized spacial score (nSPS) is 18.3. The summed E-state index contributed by atoms with van der Waals surface area (Å²) in [6.45, 7) is 5.86. The molecular weight excluding hydrogens is 224 g/mol. The van der Waals surface area contributed by atoms with Gasteiger partial charge in [0.15, 0.2) is 0 Å². The van der Waals surface area contributed by atoms with Gasteiger partial charge >= 0.3 is 0 Å². The average Bonchev–Trinajstić information content (AvgIpc) is 2.99. The SMILES string of the molecule is CC(CN1CCCC1)Nc1cccc2nccn12. The van der Waals surface area contributed by atoms with Crippen LogP contribution in [0, 0.1) is 0 Å². The van der Waals surface area contributed by atoms with Crippen molar-refractivity contribution in [2.75, 3.05) is 25.0 Å². The maximum Gasteiger partial charge on any atom is 0.138 e. The van der Waals surface area contributed by atoms with E-state index < -0.39 is 0 Å². The second-order valence-corrected chi connectivity index (χ2v) is 5.12. The van der Waals surface area contributed by atoms with E-state index in [9.17, 15) is 0 Å². The van der Waals surface area contributed by atoms with E-state index in [1.54, 1.807) is 0 Å². The Kier molecular flexibility index (Phi) is 3.19. The first-order chi connectivity index (χ1) is 8.83. The van der Waals surface area contributed by atoms with Crippen LogP contribution < -0.4 is 5.32 Å². The van der Waals surface area contributed by atoms with Crippen LogP contribution in [0.4, 0.5) is 5.82 Å². The van der Waals surface area contributed by atoms with E-state index in [1.165, 1.54) is 25.9 Å². The van der Waals surface area contributed by atoms with E-state index >= 15 is 0 Å². The predicted molar refractivity (Wildman–Crippen MR) is 74.0 cm³/mol. The molecule has 0 aromatic carbocycles. The molecule has 2 aromatic rings. The summed E-state index contributed by atoms with van der Waals surface area (Å²) in [5.74, 6) is 1.12. The van der Waals surface area contributed by atoms with Gasteiger partial charge in [0, 0.05) is 25.0 Å². The van der Waals surface area contributed by atoms with Crippen LogP contribution in [0.1, 0.15) is 19.8 Å². The number of aromatic nitrogens is 2. The Morgan fingerprint density at radius 3 is 3.00 bits per heavy atom. The van der Waals surface area contributed by atoms with E-state index in [0.717, 1.165) is 18.0 Å². The highest BCUT2D eigenvalue weighted by molar-refractivity contribution is 5.50. The van der Waals surface area contributed by atoms with Gasteiger partial charge in [-0.2, -0.15) is 0 Å². The number of imidazole rings is 1. The molecule has 4 nitrogen and oxygen atoms in total. The lowest BCUT2D eigenvalue weighted by Crippen LogP contribution is -2.33. The molecule has 0 saturated carbocycles. The highest BCUT2D eigenvalue weighted by Crippen LogP contribution is 2.14. The summed E-state index contributed by atoms with van der Waals surface area (Å²) in [6.07, 6.45) is 6.54. The largest absolute Gasteiger partial charge is 0.367 e. The summed E-state index contributed by atoms with van der Waals surface area (Å²) in [6, 6.07) is 6.63. The number of hydrogen-bond acceptors (Lipinski definition) is 3. The van der Waals surface area contributed by atoms with Crippen molar-refractivity contribution in [2.45, 2.75) is 25.8 Å². The molecule has 1 fully saturated rings. The van der Waals surface area contributed by atoms with Crippen molar-refractivity contribution in [1.82, 2.24) is 14.3 Å². The van der Waals surface area contributed by atoms with Crippen LogP contribution in [0.25, 0.3) is 5.65 Å². The summed E-state index contributed by atoms with van der Waals surface area (Å²) in [7, 11) is 0. The van der Waals surface area contributed by atoms with Crippen molar-refractivity contribution in [3.05, 3.63) is 30.6 Å². The standard InChI is InChI=1S/C14H20N4/c1-12(11-17-8-2-3-9-17)16-14-6-4-5-13-15-7-10-18(13)14/h4-7,10,12,16H,2-3,8-9,11H2,1H3. The number of hydrogen-bond donors (Lipinski definition) is 1. The summed E-state index contributed by atoms with van der Waals surface area (Å²) in [5.41, 5.74) is 0.994. The molecule has 0 bridgehead atoms. The van der Waals surface area contributed by atoms with Gasteiger partial charge in [0.2, 0.25) is 0 Å². The minimum atomic E-state index is 0.455. The molecule has 2 aromatic heterocycles. The fourth-order valence-electron chi connectivity index (χ4n) is 2.72. The fraction of sp³-hybridized carbons (Fsp3) is 0.500. The Bertz CT molecular complexity index is 513. The van der Waals surface area contributed by atoms with Gasteiger partial charge < -0.3 is 10.2 Å². The van der Waals surface area contributed by atoms with Crippen LogP contribution in [0.3, 0.4) is 0 Å². The molecule has 0 aliphatic carbocycles. The topological polar surface area (TPSA) is 32.6 Å². The molecule has 1 N–H and O–H groups in total. The van der Waals surface area contributed by atoms with Crippen molar-refractivity contribution in [2.24, 2.45) is 0 Å². The van der Waals surface area contributed by atoms with E-state index in [4.69, 9.17) is 0 Å². The van der Waals surface area contributed by atoms with Crippen molar-refractivity contribution in [3.8, 4) is 0 Å². The molecule has 1 atom stereocenters. The van der Waals surface area contributed by atoms with Crippen LogP contribution in [0.15, 0.2) is 30.6 Å². The Balaban J connectivity index is 1.69. The third-order valence-corrected chi connectivity index (χ3v) is 3.55. The predicted octanol–water partition coefficient (Wildman–Crippen LogP) is 2.23. The number of pyridine rings is 1. The molecule has 0 radical (unpaired) electrons. The highest BCUT2D eigenvalue weighted by Gasteiger charge is 2.14. The minimum Gasteiger partial charge on any atom is -0.367 e. The monoisotopic (exact) mass is 244 g/mol. The summed E-state index contributed by atoms with van der Waals surface area (Å²) in [5, 5.41) is 3.58. The van der Waals surface area contributed by atoms with E-state index in [0.29, 0.717) is 6.04 Å². The lowest BCUT2D eigenvalue weighted by Gasteiger charge is -2.22. The Labute approximate surface area is 108 Å². The number of likely N-dealkylation sites (tertiary alicyclic amines) is 1. The lowest BCUT2D eigenvalue weighted by molar-refractivity contribution is 0.327. The lowest BCUT2D eigenvalue weighted by atomic mass is 10.3. The molecule has 1 unspecified atom stereocenters. The number of anilines is 1. The van der Waals surface area contributed by atoms with E-state index in [1.807, 2.05) is 24.5 Å². The second kappa shape index (κ2) is 4.98. The number of rotatable bonds is 4. The van der Waals surface area contributed by atoms with Gasteiger partial charge in [0.1, 0.15) is 11.5 Å². The Morgan fingerprint density at radius 1 is 1.33 bits per heavy atom. The summed E-state index contributed by atoms with van der Waals surface area (Å²) >= 11 is 0. The first-order valence-electron chi connectivity index (χ1n) is 6.74. The third kappa shape index (κ3) is 2.34. The molecule has 18 heavy (non-hydrogen) atoms. The first kappa shape index (κ1) is 11.5.